The molecule has 0 heterocycles. The Hall–Kier alpha value is -3.16. The van der Waals surface area contributed by atoms with Gasteiger partial charge < -0.3 is 18.9 Å². The molecular formula is C75H136O8. The van der Waals surface area contributed by atoms with Gasteiger partial charge in [0.2, 0.25) is 0 Å². The standard InChI is InChI=1S/C75H136O8/c1-5-9-13-17-21-25-29-33-37-41-45-49-53-57-61-65-71(76)80-69-75(82-73(78)67-63-59-55-51-47-43-39-35-31-27-23-19-15-11-7-3,83-74(79)68-64-60-56-52-48-44-40-36-32-28-24-20-16-12-8-4)70-81-72(77)66-62-58-54-50-46-42-38-34-30-26-22-18-14-10-6-2/h33-40H,5-32,41-70H2,1-4H3/b37-33-,38-34-,39-35-,40-36-. The first-order valence-electron chi connectivity index (χ1n) is 36.2. The summed E-state index contributed by atoms with van der Waals surface area (Å²) in [6, 6.07) is 0. The Morgan fingerprint density at radius 1 is 0.229 bits per heavy atom. The number of esters is 4. The minimum absolute atomic E-state index is 0.122. The summed E-state index contributed by atoms with van der Waals surface area (Å²) in [5.41, 5.74) is 0. The number of ether oxygens (including phenoxy) is 4. The van der Waals surface area contributed by atoms with Crippen molar-refractivity contribution in [2.45, 2.75) is 393 Å². The molecule has 0 aliphatic carbocycles. The smallest absolute Gasteiger partial charge is 0.325 e. The Labute approximate surface area is 514 Å². The zero-order valence-electron chi connectivity index (χ0n) is 55.4. The molecule has 0 unspecified atom stereocenters. The third-order valence-electron chi connectivity index (χ3n) is 16.1. The van der Waals surface area contributed by atoms with Crippen LogP contribution in [0.1, 0.15) is 387 Å². The highest BCUT2D eigenvalue weighted by molar-refractivity contribution is 5.73. The Kier molecular flexibility index (Phi) is 63.8. The summed E-state index contributed by atoms with van der Waals surface area (Å²) in [6.07, 6.45) is 79.2. The molecule has 0 radical (unpaired) electrons. The van der Waals surface area contributed by atoms with E-state index in [9.17, 15) is 19.2 Å². The van der Waals surface area contributed by atoms with Gasteiger partial charge in [0.1, 0.15) is 0 Å². The lowest BCUT2D eigenvalue weighted by Crippen LogP contribution is -2.49. The summed E-state index contributed by atoms with van der Waals surface area (Å²) in [5, 5.41) is 0. The first-order valence-corrected chi connectivity index (χ1v) is 36.2. The van der Waals surface area contributed by atoms with Gasteiger partial charge >= 0.3 is 29.7 Å². The summed E-state index contributed by atoms with van der Waals surface area (Å²) >= 11 is 0. The number of hydrogen-bond donors (Lipinski definition) is 0. The van der Waals surface area contributed by atoms with Crippen LogP contribution in [0.2, 0.25) is 0 Å². The molecule has 0 atom stereocenters. The van der Waals surface area contributed by atoms with Crippen LogP contribution in [-0.2, 0) is 38.1 Å². The van der Waals surface area contributed by atoms with E-state index >= 15 is 0 Å². The lowest BCUT2D eigenvalue weighted by molar-refractivity contribution is -0.259. The van der Waals surface area contributed by atoms with Gasteiger partial charge in [0.25, 0.3) is 0 Å². The molecular weight excluding hydrogens is 1030 g/mol. The molecule has 0 saturated carbocycles. The highest BCUT2D eigenvalue weighted by Gasteiger charge is 2.42. The van der Waals surface area contributed by atoms with E-state index < -0.39 is 42.9 Å². The van der Waals surface area contributed by atoms with Crippen LogP contribution < -0.4 is 0 Å². The van der Waals surface area contributed by atoms with Gasteiger partial charge in [-0.25, -0.2) is 0 Å². The zero-order valence-corrected chi connectivity index (χ0v) is 55.4. The Balaban J connectivity index is 5.54. The van der Waals surface area contributed by atoms with Crippen molar-refractivity contribution in [3.8, 4) is 0 Å². The van der Waals surface area contributed by atoms with Crippen LogP contribution in [0.5, 0.6) is 0 Å². The van der Waals surface area contributed by atoms with Crippen molar-refractivity contribution in [3.63, 3.8) is 0 Å². The van der Waals surface area contributed by atoms with Gasteiger partial charge in [-0.2, -0.15) is 0 Å². The van der Waals surface area contributed by atoms with Gasteiger partial charge in [-0.05, 0) is 128 Å². The van der Waals surface area contributed by atoms with Crippen LogP contribution >= 0.6 is 0 Å². The molecule has 83 heavy (non-hydrogen) atoms. The average Bonchev–Trinajstić information content (AvgIpc) is 3.53. The molecule has 8 heteroatoms. The number of carbonyl (C=O) groups excluding carboxylic acids is 4. The van der Waals surface area contributed by atoms with Gasteiger partial charge in [-0.1, -0.05) is 282 Å². The van der Waals surface area contributed by atoms with Crippen molar-refractivity contribution in [2.75, 3.05) is 13.2 Å². The van der Waals surface area contributed by atoms with Crippen LogP contribution in [0.15, 0.2) is 48.6 Å². The zero-order chi connectivity index (χ0) is 60.3. The van der Waals surface area contributed by atoms with Crippen LogP contribution in [0.4, 0.5) is 0 Å². The van der Waals surface area contributed by atoms with Gasteiger partial charge in [0.15, 0.2) is 13.2 Å². The van der Waals surface area contributed by atoms with Crippen molar-refractivity contribution in [3.05, 3.63) is 48.6 Å². The highest BCUT2D eigenvalue weighted by Crippen LogP contribution is 2.23. The van der Waals surface area contributed by atoms with E-state index in [1.54, 1.807) is 0 Å². The Morgan fingerprint density at radius 3 is 0.602 bits per heavy atom. The lowest BCUT2D eigenvalue weighted by atomic mass is 10.1. The maximum absolute atomic E-state index is 13.7. The fourth-order valence-electron chi connectivity index (χ4n) is 10.6. The topological polar surface area (TPSA) is 105 Å². The summed E-state index contributed by atoms with van der Waals surface area (Å²) in [7, 11) is 0. The number of hydrogen-bond acceptors (Lipinski definition) is 8. The Bertz CT molecular complexity index is 1420. The molecule has 0 N–H and O–H groups in total. The van der Waals surface area contributed by atoms with Gasteiger partial charge in [0, 0.05) is 25.7 Å². The van der Waals surface area contributed by atoms with E-state index in [1.807, 2.05) is 0 Å². The first-order chi connectivity index (χ1) is 40.8. The van der Waals surface area contributed by atoms with E-state index in [1.165, 1.54) is 167 Å². The maximum Gasteiger partial charge on any atom is 0.325 e. The van der Waals surface area contributed by atoms with E-state index in [-0.39, 0.29) is 25.7 Å². The predicted molar refractivity (Wildman–Crippen MR) is 355 cm³/mol. The molecule has 0 aromatic rings. The normalized spacial score (nSPS) is 12.0. The number of allylic oxidation sites excluding steroid dienone is 8. The van der Waals surface area contributed by atoms with Crippen molar-refractivity contribution >= 4 is 23.9 Å². The monoisotopic (exact) mass is 1170 g/mol. The molecule has 0 spiro atoms. The van der Waals surface area contributed by atoms with E-state index in [2.05, 4.69) is 76.3 Å². The van der Waals surface area contributed by atoms with Crippen molar-refractivity contribution in [1.29, 1.82) is 0 Å². The quantitative estimate of drug-likeness (QED) is 0.0195. The van der Waals surface area contributed by atoms with Crippen LogP contribution in [0.25, 0.3) is 0 Å². The second-order valence-corrected chi connectivity index (χ2v) is 24.5. The molecule has 0 fully saturated rings. The SMILES string of the molecule is CCCCCCCC/C=C\CCCCCCCC(=O)OCC(COC(=O)CCCCCCC/C=C\CCCCCCCC)(OC(=O)CCCCCCC/C=C\CCCCCCCC)OC(=O)CCCCCCC/C=C\CCCCCCCC. The van der Waals surface area contributed by atoms with E-state index in [0.717, 1.165) is 141 Å². The average molecular weight is 1170 g/mol. The van der Waals surface area contributed by atoms with Gasteiger partial charge in [-0.3, -0.25) is 19.2 Å². The van der Waals surface area contributed by atoms with Crippen LogP contribution in [0.3, 0.4) is 0 Å². The molecule has 8 nitrogen and oxygen atoms in total. The van der Waals surface area contributed by atoms with Crippen molar-refractivity contribution in [1.82, 2.24) is 0 Å². The molecule has 0 aliphatic rings. The first kappa shape index (κ1) is 79.8. The largest absolute Gasteiger partial charge is 0.457 e. The van der Waals surface area contributed by atoms with Crippen LogP contribution in [0, 0.1) is 0 Å². The van der Waals surface area contributed by atoms with Crippen molar-refractivity contribution < 1.29 is 38.1 Å². The number of rotatable bonds is 66. The van der Waals surface area contributed by atoms with Gasteiger partial charge in [-0.15, -0.1) is 0 Å². The fraction of sp³-hybridized carbons (Fsp3) is 0.840. The third-order valence-corrected chi connectivity index (χ3v) is 16.1. The highest BCUT2D eigenvalue weighted by atomic mass is 16.8. The third kappa shape index (κ3) is 61.7. The maximum atomic E-state index is 13.7. The molecule has 0 aromatic heterocycles. The molecule has 0 amide bonds. The molecule has 0 aromatic carbocycles. The summed E-state index contributed by atoms with van der Waals surface area (Å²) in [4.78, 5) is 54.1. The van der Waals surface area contributed by atoms with E-state index in [4.69, 9.17) is 18.9 Å². The number of unbranched alkanes of at least 4 members (excludes halogenated alkanes) is 44. The minimum Gasteiger partial charge on any atom is -0.457 e. The number of carbonyl (C=O) groups is 4. The molecule has 0 bridgehead atoms. The fourth-order valence-corrected chi connectivity index (χ4v) is 10.6. The minimum atomic E-state index is -2.06. The molecule has 0 aliphatic heterocycles. The van der Waals surface area contributed by atoms with Crippen LogP contribution in [-0.4, -0.2) is 42.9 Å². The molecule has 484 valence electrons. The summed E-state index contributed by atoms with van der Waals surface area (Å²) in [5.74, 6) is -4.08. The summed E-state index contributed by atoms with van der Waals surface area (Å²) < 4.78 is 23.7. The second kappa shape index (κ2) is 66.4. The van der Waals surface area contributed by atoms with E-state index in [0.29, 0.717) is 25.7 Å². The predicted octanol–water partition coefficient (Wildman–Crippen LogP) is 24.0. The van der Waals surface area contributed by atoms with Crippen molar-refractivity contribution in [2.24, 2.45) is 0 Å². The molecule has 0 rings (SSSR count). The summed E-state index contributed by atoms with van der Waals surface area (Å²) in [6.45, 7) is 8.00. The second-order valence-electron chi connectivity index (χ2n) is 24.5. The molecule has 0 saturated heterocycles. The Morgan fingerprint density at radius 2 is 0.398 bits per heavy atom. The van der Waals surface area contributed by atoms with Gasteiger partial charge in [0.05, 0.1) is 0 Å². The lowest BCUT2D eigenvalue weighted by Gasteiger charge is -2.32.